The second-order valence-corrected chi connectivity index (χ2v) is 5.36. The fourth-order valence-electron chi connectivity index (χ4n) is 1.99. The Morgan fingerprint density at radius 2 is 1.82 bits per heavy atom. The Bertz CT molecular complexity index is 910. The zero-order valence-corrected chi connectivity index (χ0v) is 12.2. The van der Waals surface area contributed by atoms with Crippen LogP contribution in [0, 0.1) is 0 Å². The van der Waals surface area contributed by atoms with Gasteiger partial charge >= 0.3 is 0 Å². The minimum absolute atomic E-state index is 0.562. The van der Waals surface area contributed by atoms with E-state index in [-0.39, 0.29) is 0 Å². The average Bonchev–Trinajstić information content (AvgIpc) is 3.20. The Kier molecular flexibility index (Phi) is 3.21. The molecular formula is C16H10N4OS. The number of para-hydroxylation sites is 2. The zero-order valence-electron chi connectivity index (χ0n) is 11.4. The highest BCUT2D eigenvalue weighted by Gasteiger charge is 2.06. The summed E-state index contributed by atoms with van der Waals surface area (Å²) in [5.41, 5.74) is 2.45. The molecule has 0 spiro atoms. The maximum absolute atomic E-state index is 5.63. The van der Waals surface area contributed by atoms with Crippen molar-refractivity contribution < 1.29 is 4.42 Å². The third-order valence-corrected chi connectivity index (χ3v) is 3.84. The van der Waals surface area contributed by atoms with Gasteiger partial charge in [-0.25, -0.2) is 19.9 Å². The van der Waals surface area contributed by atoms with Gasteiger partial charge < -0.3 is 4.42 Å². The number of nitrogens with zero attached hydrogens (tertiary/aromatic N) is 4. The zero-order chi connectivity index (χ0) is 14.8. The van der Waals surface area contributed by atoms with Gasteiger partial charge in [0, 0.05) is 23.8 Å². The van der Waals surface area contributed by atoms with Crippen molar-refractivity contribution in [3.8, 4) is 10.8 Å². The minimum atomic E-state index is 0.562. The first-order valence-corrected chi connectivity index (χ1v) is 7.53. The molecule has 0 amide bonds. The molecule has 22 heavy (non-hydrogen) atoms. The first-order valence-electron chi connectivity index (χ1n) is 6.65. The normalized spacial score (nSPS) is 11.5. The fraction of sp³-hybridized carbons (Fsp3) is 0. The van der Waals surface area contributed by atoms with Crippen molar-refractivity contribution >= 4 is 34.6 Å². The van der Waals surface area contributed by atoms with Crippen molar-refractivity contribution in [3.63, 3.8) is 0 Å². The van der Waals surface area contributed by atoms with Crippen LogP contribution < -0.4 is 0 Å². The molecule has 4 aromatic rings. The summed E-state index contributed by atoms with van der Waals surface area (Å²) in [6.07, 6.45) is 7.09. The molecule has 0 unspecified atom stereocenters. The molecule has 0 aliphatic heterocycles. The molecule has 6 heteroatoms. The maximum Gasteiger partial charge on any atom is 0.220 e. The molecule has 0 aliphatic rings. The van der Waals surface area contributed by atoms with E-state index < -0.39 is 0 Å². The SMILES string of the molecule is C(=C/c1nc2ccccc2o1)/c1csc(-c2ncccn2)n1. The highest BCUT2D eigenvalue weighted by molar-refractivity contribution is 7.13. The predicted molar refractivity (Wildman–Crippen MR) is 86.1 cm³/mol. The quantitative estimate of drug-likeness (QED) is 0.574. The molecule has 106 valence electrons. The van der Waals surface area contributed by atoms with E-state index in [1.807, 2.05) is 41.8 Å². The first kappa shape index (κ1) is 12.8. The molecule has 5 nitrogen and oxygen atoms in total. The van der Waals surface area contributed by atoms with Gasteiger partial charge in [0.15, 0.2) is 16.4 Å². The molecule has 0 aliphatic carbocycles. The summed E-state index contributed by atoms with van der Waals surface area (Å²) in [6.45, 7) is 0. The van der Waals surface area contributed by atoms with E-state index in [0.29, 0.717) is 11.7 Å². The van der Waals surface area contributed by atoms with Crippen molar-refractivity contribution in [2.75, 3.05) is 0 Å². The topological polar surface area (TPSA) is 64.7 Å². The fourth-order valence-corrected chi connectivity index (χ4v) is 2.73. The Morgan fingerprint density at radius 3 is 2.68 bits per heavy atom. The third-order valence-electron chi connectivity index (χ3n) is 2.99. The number of aromatic nitrogens is 4. The van der Waals surface area contributed by atoms with Crippen LogP contribution in [0.25, 0.3) is 34.1 Å². The molecule has 0 atom stereocenters. The van der Waals surface area contributed by atoms with Crippen molar-refractivity contribution in [3.05, 3.63) is 59.7 Å². The highest BCUT2D eigenvalue weighted by atomic mass is 32.1. The lowest BCUT2D eigenvalue weighted by Crippen LogP contribution is -1.85. The van der Waals surface area contributed by atoms with Crippen LogP contribution in [0.5, 0.6) is 0 Å². The van der Waals surface area contributed by atoms with Gasteiger partial charge in [0.05, 0.1) is 5.69 Å². The Hall–Kier alpha value is -2.86. The standard InChI is InChI=1S/C16H10N4OS/c1-2-5-13-12(4-1)20-14(21-13)7-6-11-10-22-16(19-11)15-17-8-3-9-18-15/h1-10H/b7-6-. The van der Waals surface area contributed by atoms with E-state index in [2.05, 4.69) is 19.9 Å². The van der Waals surface area contributed by atoms with E-state index in [1.54, 1.807) is 18.5 Å². The lowest BCUT2D eigenvalue weighted by Gasteiger charge is -1.90. The van der Waals surface area contributed by atoms with Gasteiger partial charge in [0.1, 0.15) is 5.52 Å². The number of rotatable bonds is 3. The number of oxazole rings is 1. The number of thiazole rings is 1. The van der Waals surface area contributed by atoms with Crippen molar-refractivity contribution in [2.45, 2.75) is 0 Å². The molecule has 3 heterocycles. The van der Waals surface area contributed by atoms with E-state index in [1.165, 1.54) is 11.3 Å². The number of benzene rings is 1. The van der Waals surface area contributed by atoms with Crippen LogP contribution in [-0.4, -0.2) is 19.9 Å². The lowest BCUT2D eigenvalue weighted by molar-refractivity contribution is 0.589. The molecule has 0 fully saturated rings. The number of hydrogen-bond acceptors (Lipinski definition) is 6. The predicted octanol–water partition coefficient (Wildman–Crippen LogP) is 3.91. The van der Waals surface area contributed by atoms with Crippen LogP contribution in [0.4, 0.5) is 0 Å². The monoisotopic (exact) mass is 306 g/mol. The Balaban J connectivity index is 1.59. The highest BCUT2D eigenvalue weighted by Crippen LogP contribution is 2.21. The summed E-state index contributed by atoms with van der Waals surface area (Å²) < 4.78 is 5.63. The molecule has 0 N–H and O–H groups in total. The van der Waals surface area contributed by atoms with Gasteiger partial charge in [-0.15, -0.1) is 11.3 Å². The van der Waals surface area contributed by atoms with E-state index in [4.69, 9.17) is 4.42 Å². The van der Waals surface area contributed by atoms with E-state index in [0.717, 1.165) is 21.8 Å². The molecule has 4 rings (SSSR count). The van der Waals surface area contributed by atoms with Crippen LogP contribution in [0.1, 0.15) is 11.6 Å². The molecule has 0 saturated carbocycles. The van der Waals surface area contributed by atoms with Gasteiger partial charge in [-0.3, -0.25) is 0 Å². The second-order valence-electron chi connectivity index (χ2n) is 4.50. The van der Waals surface area contributed by atoms with Gasteiger partial charge in [0.2, 0.25) is 5.89 Å². The summed E-state index contributed by atoms with van der Waals surface area (Å²) in [6, 6.07) is 9.46. The second kappa shape index (κ2) is 5.50. The molecular weight excluding hydrogens is 296 g/mol. The molecule has 3 aromatic heterocycles. The number of hydrogen-bond donors (Lipinski definition) is 0. The summed E-state index contributed by atoms with van der Waals surface area (Å²) in [4.78, 5) is 17.3. The average molecular weight is 306 g/mol. The minimum Gasteiger partial charge on any atom is -0.437 e. The lowest BCUT2D eigenvalue weighted by atomic mass is 10.3. The van der Waals surface area contributed by atoms with Crippen LogP contribution in [0.3, 0.4) is 0 Å². The summed E-state index contributed by atoms with van der Waals surface area (Å²) in [5, 5.41) is 2.74. The van der Waals surface area contributed by atoms with Crippen LogP contribution in [0.15, 0.2) is 52.5 Å². The van der Waals surface area contributed by atoms with Crippen molar-refractivity contribution in [1.82, 2.24) is 19.9 Å². The Labute approximate surface area is 130 Å². The van der Waals surface area contributed by atoms with E-state index in [9.17, 15) is 0 Å². The Morgan fingerprint density at radius 1 is 0.955 bits per heavy atom. The molecule has 0 saturated heterocycles. The summed E-state index contributed by atoms with van der Waals surface area (Å²) >= 11 is 1.50. The van der Waals surface area contributed by atoms with Gasteiger partial charge in [-0.1, -0.05) is 12.1 Å². The van der Waals surface area contributed by atoms with E-state index >= 15 is 0 Å². The van der Waals surface area contributed by atoms with Crippen molar-refractivity contribution in [2.24, 2.45) is 0 Å². The van der Waals surface area contributed by atoms with Crippen LogP contribution in [0.2, 0.25) is 0 Å². The van der Waals surface area contributed by atoms with Gasteiger partial charge in [0.25, 0.3) is 0 Å². The van der Waals surface area contributed by atoms with Crippen molar-refractivity contribution in [1.29, 1.82) is 0 Å². The van der Waals surface area contributed by atoms with Crippen LogP contribution >= 0.6 is 11.3 Å². The number of fused-ring (bicyclic) bond motifs is 1. The molecule has 0 radical (unpaired) electrons. The summed E-state index contributed by atoms with van der Waals surface area (Å²) in [5.74, 6) is 1.20. The maximum atomic E-state index is 5.63. The summed E-state index contributed by atoms with van der Waals surface area (Å²) in [7, 11) is 0. The largest absolute Gasteiger partial charge is 0.437 e. The molecule has 0 bridgehead atoms. The molecule has 1 aromatic carbocycles. The third kappa shape index (κ3) is 2.51. The van der Waals surface area contributed by atoms with Gasteiger partial charge in [-0.05, 0) is 24.3 Å². The smallest absolute Gasteiger partial charge is 0.220 e. The van der Waals surface area contributed by atoms with Gasteiger partial charge in [-0.2, -0.15) is 0 Å². The first-order chi connectivity index (χ1) is 10.9. The van der Waals surface area contributed by atoms with Crippen LogP contribution in [-0.2, 0) is 0 Å².